The third-order valence-electron chi connectivity index (χ3n) is 5.49. The summed E-state index contributed by atoms with van der Waals surface area (Å²) in [6.45, 7) is 9.36. The maximum Gasteiger partial charge on any atom is -0.0229 e. The summed E-state index contributed by atoms with van der Waals surface area (Å²) in [7, 11) is 0. The van der Waals surface area contributed by atoms with Gasteiger partial charge in [-0.2, -0.15) is 0 Å². The standard InChI is InChI=1S/C22H34/c1-5-10-21-16-15-20(18(4)22(21)6-2)14-13-17(3)19-11-8-7-9-12-19/h11,15-17H,5-10,12-14H2,1-4H3. The molecule has 0 nitrogen and oxygen atoms in total. The lowest BCUT2D eigenvalue weighted by Crippen LogP contribution is -2.06. The summed E-state index contributed by atoms with van der Waals surface area (Å²) in [5.74, 6) is 0.764. The van der Waals surface area contributed by atoms with E-state index in [-0.39, 0.29) is 0 Å². The second kappa shape index (κ2) is 8.56. The SMILES string of the molecule is CCCc1ccc(CCC(C)C2=CCCCC2)c(C)c1CC. The zero-order chi connectivity index (χ0) is 15.9. The molecule has 122 valence electrons. The number of benzene rings is 1. The zero-order valence-electron chi connectivity index (χ0n) is 15.2. The van der Waals surface area contributed by atoms with Crippen LogP contribution < -0.4 is 0 Å². The Bertz CT molecular complexity index is 507. The van der Waals surface area contributed by atoms with Crippen LogP contribution in [0.1, 0.15) is 81.5 Å². The van der Waals surface area contributed by atoms with Gasteiger partial charge in [-0.3, -0.25) is 0 Å². The molecule has 0 spiro atoms. The highest BCUT2D eigenvalue weighted by Gasteiger charge is 2.13. The lowest BCUT2D eigenvalue weighted by molar-refractivity contribution is 0.551. The molecule has 0 N–H and O–H groups in total. The monoisotopic (exact) mass is 298 g/mol. The summed E-state index contributed by atoms with van der Waals surface area (Å²) in [5.41, 5.74) is 8.07. The predicted molar refractivity (Wildman–Crippen MR) is 98.6 cm³/mol. The molecule has 0 aromatic heterocycles. The van der Waals surface area contributed by atoms with Gasteiger partial charge in [-0.25, -0.2) is 0 Å². The van der Waals surface area contributed by atoms with E-state index in [2.05, 4.69) is 45.9 Å². The maximum atomic E-state index is 2.52. The van der Waals surface area contributed by atoms with Gasteiger partial charge in [0.1, 0.15) is 0 Å². The lowest BCUT2D eigenvalue weighted by atomic mass is 9.85. The molecule has 1 unspecified atom stereocenters. The van der Waals surface area contributed by atoms with Gasteiger partial charge in [-0.05, 0) is 86.5 Å². The van der Waals surface area contributed by atoms with Gasteiger partial charge in [0.2, 0.25) is 0 Å². The first-order valence-electron chi connectivity index (χ1n) is 9.46. The van der Waals surface area contributed by atoms with E-state index in [9.17, 15) is 0 Å². The molecule has 2 rings (SSSR count). The van der Waals surface area contributed by atoms with Crippen LogP contribution in [0.15, 0.2) is 23.8 Å². The summed E-state index contributed by atoms with van der Waals surface area (Å²) in [5, 5.41) is 0. The molecule has 1 aromatic carbocycles. The molecular formula is C22H34. The van der Waals surface area contributed by atoms with Crippen molar-refractivity contribution in [1.82, 2.24) is 0 Å². The van der Waals surface area contributed by atoms with Gasteiger partial charge >= 0.3 is 0 Å². The Labute approximate surface area is 138 Å². The normalized spacial score (nSPS) is 16.5. The minimum atomic E-state index is 0.764. The van der Waals surface area contributed by atoms with Crippen LogP contribution in [0.25, 0.3) is 0 Å². The highest BCUT2D eigenvalue weighted by Crippen LogP contribution is 2.28. The van der Waals surface area contributed by atoms with E-state index in [1.807, 2.05) is 0 Å². The van der Waals surface area contributed by atoms with Crippen LogP contribution in [0.3, 0.4) is 0 Å². The quantitative estimate of drug-likeness (QED) is 0.499. The van der Waals surface area contributed by atoms with Crippen molar-refractivity contribution in [2.24, 2.45) is 5.92 Å². The Hall–Kier alpha value is -1.04. The highest BCUT2D eigenvalue weighted by molar-refractivity contribution is 5.40. The summed E-state index contributed by atoms with van der Waals surface area (Å²) in [4.78, 5) is 0. The Kier molecular flexibility index (Phi) is 6.73. The van der Waals surface area contributed by atoms with E-state index in [1.54, 1.807) is 27.8 Å². The van der Waals surface area contributed by atoms with Crippen molar-refractivity contribution < 1.29 is 0 Å². The summed E-state index contributed by atoms with van der Waals surface area (Å²) in [6.07, 6.45) is 14.2. The first-order valence-corrected chi connectivity index (χ1v) is 9.46. The fraction of sp³-hybridized carbons (Fsp3) is 0.636. The molecule has 1 aliphatic rings. The number of hydrogen-bond acceptors (Lipinski definition) is 0. The van der Waals surface area contributed by atoms with Crippen LogP contribution in [0.5, 0.6) is 0 Å². The largest absolute Gasteiger partial charge is 0.0851 e. The minimum Gasteiger partial charge on any atom is -0.0851 e. The van der Waals surface area contributed by atoms with E-state index in [4.69, 9.17) is 0 Å². The van der Waals surface area contributed by atoms with Crippen LogP contribution in [0.4, 0.5) is 0 Å². The van der Waals surface area contributed by atoms with Crippen LogP contribution in [0, 0.1) is 12.8 Å². The molecule has 0 fully saturated rings. The third kappa shape index (κ3) is 4.24. The second-order valence-electron chi connectivity index (χ2n) is 7.06. The van der Waals surface area contributed by atoms with Gasteiger partial charge in [0.15, 0.2) is 0 Å². The van der Waals surface area contributed by atoms with E-state index in [0.29, 0.717) is 0 Å². The smallest absolute Gasteiger partial charge is 0.0229 e. The van der Waals surface area contributed by atoms with Gasteiger partial charge in [0, 0.05) is 0 Å². The van der Waals surface area contributed by atoms with Crippen LogP contribution in [0.2, 0.25) is 0 Å². The molecule has 0 amide bonds. The summed E-state index contributed by atoms with van der Waals surface area (Å²) >= 11 is 0. The van der Waals surface area contributed by atoms with Gasteiger partial charge in [-0.1, -0.05) is 51.0 Å². The highest BCUT2D eigenvalue weighted by atomic mass is 14.2. The van der Waals surface area contributed by atoms with Gasteiger partial charge in [0.25, 0.3) is 0 Å². The van der Waals surface area contributed by atoms with Crippen molar-refractivity contribution in [1.29, 1.82) is 0 Å². The maximum absolute atomic E-state index is 2.52. The molecule has 0 bridgehead atoms. The van der Waals surface area contributed by atoms with Gasteiger partial charge < -0.3 is 0 Å². The Morgan fingerprint density at radius 3 is 2.45 bits per heavy atom. The summed E-state index contributed by atoms with van der Waals surface area (Å²) < 4.78 is 0. The Morgan fingerprint density at radius 1 is 1.05 bits per heavy atom. The molecule has 1 aliphatic carbocycles. The molecule has 1 atom stereocenters. The van der Waals surface area contributed by atoms with Crippen molar-refractivity contribution in [3.05, 3.63) is 46.0 Å². The van der Waals surface area contributed by atoms with E-state index < -0.39 is 0 Å². The average molecular weight is 299 g/mol. The van der Waals surface area contributed by atoms with Crippen LogP contribution in [-0.2, 0) is 19.3 Å². The first-order chi connectivity index (χ1) is 10.7. The van der Waals surface area contributed by atoms with Crippen molar-refractivity contribution in [2.75, 3.05) is 0 Å². The zero-order valence-corrected chi connectivity index (χ0v) is 15.2. The topological polar surface area (TPSA) is 0 Å². The lowest BCUT2D eigenvalue weighted by Gasteiger charge is -2.21. The molecule has 0 heterocycles. The molecule has 0 saturated heterocycles. The molecular weight excluding hydrogens is 264 g/mol. The fourth-order valence-electron chi connectivity index (χ4n) is 4.00. The van der Waals surface area contributed by atoms with E-state index >= 15 is 0 Å². The Balaban J connectivity index is 2.04. The number of aryl methyl sites for hydroxylation is 2. The minimum absolute atomic E-state index is 0.764. The summed E-state index contributed by atoms with van der Waals surface area (Å²) in [6, 6.07) is 4.80. The fourth-order valence-corrected chi connectivity index (χ4v) is 4.00. The number of rotatable bonds is 7. The first kappa shape index (κ1) is 17.3. The second-order valence-corrected chi connectivity index (χ2v) is 7.06. The van der Waals surface area contributed by atoms with E-state index in [1.165, 1.54) is 57.8 Å². The van der Waals surface area contributed by atoms with Crippen molar-refractivity contribution >= 4 is 0 Å². The molecule has 0 heteroatoms. The van der Waals surface area contributed by atoms with Crippen LogP contribution in [-0.4, -0.2) is 0 Å². The Morgan fingerprint density at radius 2 is 1.82 bits per heavy atom. The number of hydrogen-bond donors (Lipinski definition) is 0. The third-order valence-corrected chi connectivity index (χ3v) is 5.49. The molecule has 0 saturated carbocycles. The van der Waals surface area contributed by atoms with Crippen molar-refractivity contribution in [3.8, 4) is 0 Å². The van der Waals surface area contributed by atoms with Crippen molar-refractivity contribution in [2.45, 2.75) is 85.5 Å². The average Bonchev–Trinajstić information content (AvgIpc) is 2.55. The van der Waals surface area contributed by atoms with Crippen LogP contribution >= 0.6 is 0 Å². The molecule has 0 radical (unpaired) electrons. The van der Waals surface area contributed by atoms with Gasteiger partial charge in [0.05, 0.1) is 0 Å². The number of allylic oxidation sites excluding steroid dienone is 2. The molecule has 0 aliphatic heterocycles. The van der Waals surface area contributed by atoms with Gasteiger partial charge in [-0.15, -0.1) is 0 Å². The molecule has 22 heavy (non-hydrogen) atoms. The molecule has 1 aromatic rings. The predicted octanol–water partition coefficient (Wildman–Crippen LogP) is 6.58. The van der Waals surface area contributed by atoms with E-state index in [0.717, 1.165) is 5.92 Å². The van der Waals surface area contributed by atoms with Crippen molar-refractivity contribution in [3.63, 3.8) is 0 Å².